The van der Waals surface area contributed by atoms with Gasteiger partial charge >= 0.3 is 5.97 Å². The Kier molecular flexibility index (Phi) is 2.35. The second-order valence-corrected chi connectivity index (χ2v) is 3.80. The van der Waals surface area contributed by atoms with E-state index in [1.807, 2.05) is 44.2 Å². The first kappa shape index (κ1) is 9.97. The molecule has 2 rings (SSSR count). The van der Waals surface area contributed by atoms with Crippen LogP contribution in [0.15, 0.2) is 42.0 Å². The van der Waals surface area contributed by atoms with Gasteiger partial charge in [-0.05, 0) is 24.5 Å². The summed E-state index contributed by atoms with van der Waals surface area (Å²) in [4.78, 5) is 11.3. The molecule has 1 aliphatic rings. The number of hydrogen-bond donors (Lipinski definition) is 0. The van der Waals surface area contributed by atoms with Crippen molar-refractivity contribution in [1.82, 2.24) is 0 Å². The van der Waals surface area contributed by atoms with Gasteiger partial charge in [0.05, 0.1) is 0 Å². The van der Waals surface area contributed by atoms with E-state index in [1.54, 1.807) is 6.08 Å². The van der Waals surface area contributed by atoms with Crippen molar-refractivity contribution in [1.29, 1.82) is 0 Å². The Balaban J connectivity index is 2.49. The van der Waals surface area contributed by atoms with Crippen molar-refractivity contribution in [2.75, 3.05) is 0 Å². The minimum Gasteiger partial charge on any atom is -0.446 e. The van der Waals surface area contributed by atoms with Gasteiger partial charge in [0.1, 0.15) is 0 Å². The van der Waals surface area contributed by atoms with Crippen molar-refractivity contribution in [3.8, 4) is 0 Å². The monoisotopic (exact) mass is 202 g/mol. The summed E-state index contributed by atoms with van der Waals surface area (Å²) in [5.74, 6) is -0.238. The Hall–Kier alpha value is -1.57. The molecule has 1 atom stereocenters. The second-order valence-electron chi connectivity index (χ2n) is 3.80. The molecule has 0 spiro atoms. The van der Waals surface area contributed by atoms with Crippen LogP contribution in [0, 0.1) is 0 Å². The average molecular weight is 202 g/mol. The SMILES string of the molecule is CCC1(c2ccccc2)OC(=O)C=C1C. The van der Waals surface area contributed by atoms with Gasteiger partial charge in [0.2, 0.25) is 0 Å². The molecule has 0 aliphatic carbocycles. The van der Waals surface area contributed by atoms with E-state index in [4.69, 9.17) is 4.74 Å². The molecule has 15 heavy (non-hydrogen) atoms. The smallest absolute Gasteiger partial charge is 0.332 e. The number of carbonyl (C=O) groups is 1. The van der Waals surface area contributed by atoms with E-state index in [0.717, 1.165) is 17.6 Å². The fourth-order valence-corrected chi connectivity index (χ4v) is 2.12. The lowest BCUT2D eigenvalue weighted by molar-refractivity contribution is -0.147. The normalized spacial score (nSPS) is 24.9. The first-order valence-corrected chi connectivity index (χ1v) is 5.16. The van der Waals surface area contributed by atoms with Crippen LogP contribution in [0.5, 0.6) is 0 Å². The molecule has 0 fully saturated rings. The van der Waals surface area contributed by atoms with E-state index in [1.165, 1.54) is 0 Å². The Labute approximate surface area is 89.6 Å². The summed E-state index contributed by atoms with van der Waals surface area (Å²) in [6.45, 7) is 3.98. The molecule has 2 nitrogen and oxygen atoms in total. The topological polar surface area (TPSA) is 26.3 Å². The molecule has 1 heterocycles. The number of benzene rings is 1. The molecule has 1 aliphatic heterocycles. The van der Waals surface area contributed by atoms with Gasteiger partial charge in [0.25, 0.3) is 0 Å². The third-order valence-electron chi connectivity index (χ3n) is 2.98. The third-order valence-corrected chi connectivity index (χ3v) is 2.98. The van der Waals surface area contributed by atoms with Gasteiger partial charge in [0, 0.05) is 6.08 Å². The van der Waals surface area contributed by atoms with Crippen LogP contribution in [0.3, 0.4) is 0 Å². The average Bonchev–Trinajstić information content (AvgIpc) is 2.56. The molecule has 0 aromatic heterocycles. The molecule has 0 radical (unpaired) electrons. The summed E-state index contributed by atoms with van der Waals surface area (Å²) < 4.78 is 5.46. The number of rotatable bonds is 2. The van der Waals surface area contributed by atoms with Crippen molar-refractivity contribution in [3.63, 3.8) is 0 Å². The van der Waals surface area contributed by atoms with Gasteiger partial charge in [-0.25, -0.2) is 4.79 Å². The van der Waals surface area contributed by atoms with Crippen LogP contribution in [0.2, 0.25) is 0 Å². The molecule has 0 saturated heterocycles. The van der Waals surface area contributed by atoms with Gasteiger partial charge in [-0.3, -0.25) is 0 Å². The molecule has 1 unspecified atom stereocenters. The zero-order chi connectivity index (χ0) is 10.9. The van der Waals surface area contributed by atoms with E-state index >= 15 is 0 Å². The highest BCUT2D eigenvalue weighted by Crippen LogP contribution is 2.40. The van der Waals surface area contributed by atoms with Gasteiger partial charge < -0.3 is 4.74 Å². The van der Waals surface area contributed by atoms with E-state index in [-0.39, 0.29) is 5.97 Å². The zero-order valence-electron chi connectivity index (χ0n) is 8.99. The lowest BCUT2D eigenvalue weighted by Gasteiger charge is -2.29. The fraction of sp³-hybridized carbons (Fsp3) is 0.308. The molecule has 0 N–H and O–H groups in total. The maximum absolute atomic E-state index is 11.3. The minimum absolute atomic E-state index is 0.238. The first-order chi connectivity index (χ1) is 7.19. The Morgan fingerprint density at radius 2 is 1.93 bits per heavy atom. The van der Waals surface area contributed by atoms with E-state index < -0.39 is 5.60 Å². The summed E-state index contributed by atoms with van der Waals surface area (Å²) in [6.07, 6.45) is 2.35. The second kappa shape index (κ2) is 3.54. The lowest BCUT2D eigenvalue weighted by Crippen LogP contribution is -2.27. The standard InChI is InChI=1S/C13H14O2/c1-3-13(10(2)9-12(14)15-13)11-7-5-4-6-8-11/h4-9H,3H2,1-2H3. The van der Waals surface area contributed by atoms with Gasteiger partial charge in [-0.1, -0.05) is 37.3 Å². The number of carbonyl (C=O) groups excluding carboxylic acids is 1. The highest BCUT2D eigenvalue weighted by molar-refractivity contribution is 5.86. The van der Waals surface area contributed by atoms with Gasteiger partial charge in [0.15, 0.2) is 5.60 Å². The van der Waals surface area contributed by atoms with Crippen LogP contribution < -0.4 is 0 Å². The predicted octanol–water partition coefficient (Wildman–Crippen LogP) is 2.80. The van der Waals surface area contributed by atoms with Crippen LogP contribution in [-0.4, -0.2) is 5.97 Å². The summed E-state index contributed by atoms with van der Waals surface area (Å²) >= 11 is 0. The number of hydrogen-bond acceptors (Lipinski definition) is 2. The molecule has 1 aromatic carbocycles. The summed E-state index contributed by atoms with van der Waals surface area (Å²) in [6, 6.07) is 9.89. The molecule has 0 bridgehead atoms. The predicted molar refractivity (Wildman–Crippen MR) is 58.3 cm³/mol. The largest absolute Gasteiger partial charge is 0.446 e. The third kappa shape index (κ3) is 1.46. The highest BCUT2D eigenvalue weighted by atomic mass is 16.6. The number of ether oxygens (including phenoxy) is 1. The highest BCUT2D eigenvalue weighted by Gasteiger charge is 2.40. The van der Waals surface area contributed by atoms with Crippen molar-refractivity contribution in [2.45, 2.75) is 25.9 Å². The van der Waals surface area contributed by atoms with Crippen LogP contribution >= 0.6 is 0 Å². The summed E-state index contributed by atoms with van der Waals surface area (Å²) in [5.41, 5.74) is 1.51. The first-order valence-electron chi connectivity index (χ1n) is 5.16. The fourth-order valence-electron chi connectivity index (χ4n) is 2.12. The lowest BCUT2D eigenvalue weighted by atomic mass is 9.85. The minimum atomic E-state index is -0.529. The summed E-state index contributed by atoms with van der Waals surface area (Å²) in [7, 11) is 0. The molecule has 0 saturated carbocycles. The van der Waals surface area contributed by atoms with E-state index in [9.17, 15) is 4.79 Å². The van der Waals surface area contributed by atoms with Crippen molar-refractivity contribution >= 4 is 5.97 Å². The van der Waals surface area contributed by atoms with Crippen molar-refractivity contribution in [2.24, 2.45) is 0 Å². The van der Waals surface area contributed by atoms with Crippen molar-refractivity contribution in [3.05, 3.63) is 47.5 Å². The quantitative estimate of drug-likeness (QED) is 0.689. The van der Waals surface area contributed by atoms with Crippen LogP contribution in [-0.2, 0) is 15.1 Å². The van der Waals surface area contributed by atoms with E-state index in [2.05, 4.69) is 0 Å². The van der Waals surface area contributed by atoms with Crippen molar-refractivity contribution < 1.29 is 9.53 Å². The van der Waals surface area contributed by atoms with Crippen LogP contribution in [0.1, 0.15) is 25.8 Å². The van der Waals surface area contributed by atoms with Crippen LogP contribution in [0.4, 0.5) is 0 Å². The van der Waals surface area contributed by atoms with E-state index in [0.29, 0.717) is 0 Å². The Bertz CT molecular complexity index is 406. The molecule has 1 aromatic rings. The molecular formula is C13H14O2. The summed E-state index contributed by atoms with van der Waals surface area (Å²) in [5, 5.41) is 0. The zero-order valence-corrected chi connectivity index (χ0v) is 8.99. The Morgan fingerprint density at radius 1 is 1.27 bits per heavy atom. The van der Waals surface area contributed by atoms with Crippen LogP contribution in [0.25, 0.3) is 0 Å². The number of esters is 1. The van der Waals surface area contributed by atoms with Gasteiger partial charge in [-0.15, -0.1) is 0 Å². The molecule has 0 amide bonds. The maximum Gasteiger partial charge on any atom is 0.332 e. The Morgan fingerprint density at radius 3 is 2.40 bits per heavy atom. The molecule has 78 valence electrons. The number of cyclic esters (lactones) is 1. The molecular weight excluding hydrogens is 188 g/mol. The van der Waals surface area contributed by atoms with Gasteiger partial charge in [-0.2, -0.15) is 0 Å². The maximum atomic E-state index is 11.3. The molecule has 2 heteroatoms.